The number of fused-ring (bicyclic) bond motifs is 1. The fourth-order valence-electron chi connectivity index (χ4n) is 1.91. The van der Waals surface area contributed by atoms with Gasteiger partial charge < -0.3 is 9.84 Å². The van der Waals surface area contributed by atoms with E-state index in [1.807, 2.05) is 0 Å². The second-order valence-electron chi connectivity index (χ2n) is 4.32. The van der Waals surface area contributed by atoms with Crippen LogP contribution in [-0.2, 0) is 4.79 Å². The van der Waals surface area contributed by atoms with Gasteiger partial charge in [0.1, 0.15) is 11.6 Å². The third-order valence-corrected chi connectivity index (χ3v) is 3.56. The first-order valence-corrected chi connectivity index (χ1v) is 6.54. The average Bonchev–Trinajstić information content (AvgIpc) is 2.37. The molecule has 108 valence electrons. The molecular weight excluding hydrogens is 341 g/mol. The minimum absolute atomic E-state index is 0.00882. The first-order chi connectivity index (χ1) is 9.26. The lowest BCUT2D eigenvalue weighted by atomic mass is 9.96. The molecule has 1 N–H and O–H groups in total. The molecule has 0 aliphatic carbocycles. The first kappa shape index (κ1) is 14.9. The number of carboxylic acids is 1. The molecule has 1 aliphatic heterocycles. The van der Waals surface area contributed by atoms with E-state index >= 15 is 0 Å². The summed E-state index contributed by atoms with van der Waals surface area (Å²) in [6.45, 7) is 1.23. The van der Waals surface area contributed by atoms with Crippen molar-refractivity contribution < 1.29 is 27.8 Å². The molecule has 1 aliphatic rings. The average molecular weight is 351 g/mol. The summed E-state index contributed by atoms with van der Waals surface area (Å²) in [5, 5.41) is 9.04. The quantitative estimate of drug-likeness (QED) is 0.900. The van der Waals surface area contributed by atoms with Crippen LogP contribution >= 0.6 is 15.9 Å². The maximum atomic E-state index is 13.8. The lowest BCUT2D eigenvalue weighted by Crippen LogP contribution is -2.42. The first-order valence-electron chi connectivity index (χ1n) is 5.74. The third-order valence-electron chi connectivity index (χ3n) is 2.97. The zero-order chi connectivity index (χ0) is 15.1. The summed E-state index contributed by atoms with van der Waals surface area (Å²) in [7, 11) is 0. The van der Waals surface area contributed by atoms with Crippen LogP contribution in [-0.4, -0.2) is 23.1 Å². The number of hydrogen-bond donors (Lipinski definition) is 1. The van der Waals surface area contributed by atoms with Crippen molar-refractivity contribution in [2.75, 3.05) is 0 Å². The Morgan fingerprint density at radius 2 is 2.15 bits per heavy atom. The van der Waals surface area contributed by atoms with E-state index in [-0.39, 0.29) is 15.8 Å². The minimum Gasteiger partial charge on any atom is -0.478 e. The van der Waals surface area contributed by atoms with Crippen LogP contribution in [0, 0.1) is 5.82 Å². The lowest BCUT2D eigenvalue weighted by molar-refractivity contribution is -0.138. The molecule has 1 aromatic carbocycles. The predicted octanol–water partition coefficient (Wildman–Crippen LogP) is 3.86. The largest absolute Gasteiger partial charge is 0.478 e. The van der Waals surface area contributed by atoms with Crippen LogP contribution in [0.15, 0.2) is 22.2 Å². The molecule has 1 heterocycles. The van der Waals surface area contributed by atoms with E-state index in [0.717, 1.165) is 18.2 Å². The van der Waals surface area contributed by atoms with Crippen molar-refractivity contribution in [2.24, 2.45) is 0 Å². The highest BCUT2D eigenvalue weighted by atomic mass is 79.9. The Labute approximate surface area is 121 Å². The summed E-state index contributed by atoms with van der Waals surface area (Å²) >= 11 is 3.02. The topological polar surface area (TPSA) is 46.5 Å². The van der Waals surface area contributed by atoms with E-state index < -0.39 is 35.8 Å². The molecule has 1 unspecified atom stereocenters. The van der Waals surface area contributed by atoms with Gasteiger partial charge in [-0.1, -0.05) is 6.92 Å². The van der Waals surface area contributed by atoms with Crippen molar-refractivity contribution in [1.29, 1.82) is 0 Å². The highest BCUT2D eigenvalue weighted by Gasteiger charge is 2.46. The van der Waals surface area contributed by atoms with Crippen LogP contribution in [0.2, 0.25) is 0 Å². The number of ether oxygens (including phenoxy) is 1. The van der Waals surface area contributed by atoms with Crippen molar-refractivity contribution in [3.63, 3.8) is 0 Å². The summed E-state index contributed by atoms with van der Waals surface area (Å²) in [5.41, 5.74) is -0.487. The van der Waals surface area contributed by atoms with Gasteiger partial charge in [-0.05, 0) is 34.1 Å². The Kier molecular flexibility index (Phi) is 3.82. The number of rotatable bonds is 3. The Morgan fingerprint density at radius 3 is 2.70 bits per heavy atom. The van der Waals surface area contributed by atoms with Crippen molar-refractivity contribution in [2.45, 2.75) is 25.4 Å². The highest BCUT2D eigenvalue weighted by Crippen LogP contribution is 2.41. The second-order valence-corrected chi connectivity index (χ2v) is 5.18. The number of carbonyl (C=O) groups is 1. The van der Waals surface area contributed by atoms with Gasteiger partial charge in [-0.2, -0.15) is 0 Å². The molecule has 0 spiro atoms. The lowest BCUT2D eigenvalue weighted by Gasteiger charge is -2.31. The molecule has 0 saturated carbocycles. The molecule has 0 amide bonds. The highest BCUT2D eigenvalue weighted by molar-refractivity contribution is 9.10. The van der Waals surface area contributed by atoms with Gasteiger partial charge in [-0.25, -0.2) is 18.0 Å². The monoisotopic (exact) mass is 350 g/mol. The van der Waals surface area contributed by atoms with Gasteiger partial charge in [0.05, 0.1) is 10.0 Å². The van der Waals surface area contributed by atoms with Gasteiger partial charge in [0.15, 0.2) is 6.10 Å². The second kappa shape index (κ2) is 5.12. The summed E-state index contributed by atoms with van der Waals surface area (Å²) in [6, 6.07) is 2.10. The number of aliphatic carboxylic acids is 1. The smallest absolute Gasteiger partial charge is 0.335 e. The van der Waals surface area contributed by atoms with Crippen LogP contribution in [0.4, 0.5) is 13.2 Å². The van der Waals surface area contributed by atoms with Gasteiger partial charge in [0, 0.05) is 12.0 Å². The minimum atomic E-state index is -3.34. The van der Waals surface area contributed by atoms with E-state index in [1.165, 1.54) is 6.92 Å². The molecule has 0 bridgehead atoms. The summed E-state index contributed by atoms with van der Waals surface area (Å²) in [5.74, 6) is -5.47. The molecule has 7 heteroatoms. The SMILES string of the molecule is CCC(F)(F)C1Oc2c(Br)cc(F)cc2C=C1C(=O)O. The molecule has 0 aromatic heterocycles. The Hall–Kier alpha value is -1.50. The van der Waals surface area contributed by atoms with Crippen molar-refractivity contribution in [3.8, 4) is 5.75 Å². The van der Waals surface area contributed by atoms with Gasteiger partial charge in [0.25, 0.3) is 5.92 Å². The van der Waals surface area contributed by atoms with Crippen LogP contribution in [0.3, 0.4) is 0 Å². The van der Waals surface area contributed by atoms with E-state index in [2.05, 4.69) is 15.9 Å². The van der Waals surface area contributed by atoms with Crippen molar-refractivity contribution in [1.82, 2.24) is 0 Å². The molecule has 0 saturated heterocycles. The molecule has 0 radical (unpaired) electrons. The van der Waals surface area contributed by atoms with Crippen LogP contribution in [0.25, 0.3) is 6.08 Å². The van der Waals surface area contributed by atoms with Crippen LogP contribution in [0.5, 0.6) is 5.75 Å². The Bertz CT molecular complexity index is 599. The molecule has 3 nitrogen and oxygen atoms in total. The number of halogens is 4. The zero-order valence-corrected chi connectivity index (χ0v) is 11.9. The molecule has 20 heavy (non-hydrogen) atoms. The van der Waals surface area contributed by atoms with E-state index in [4.69, 9.17) is 9.84 Å². The fourth-order valence-corrected chi connectivity index (χ4v) is 2.45. The standard InChI is InChI=1S/C13H10BrF3O3/c1-2-13(16,17)11-8(12(18)19)4-6-3-7(15)5-9(14)10(6)20-11/h3-5,11H,2H2,1H3,(H,18,19). The Balaban J connectivity index is 2.59. The molecule has 1 atom stereocenters. The van der Waals surface area contributed by atoms with Gasteiger partial charge in [-0.15, -0.1) is 0 Å². The van der Waals surface area contributed by atoms with E-state index in [1.54, 1.807) is 0 Å². The van der Waals surface area contributed by atoms with Gasteiger partial charge in [0.2, 0.25) is 0 Å². The molecule has 1 aromatic rings. The maximum absolute atomic E-state index is 13.8. The summed E-state index contributed by atoms with van der Waals surface area (Å²) < 4.78 is 46.2. The zero-order valence-electron chi connectivity index (χ0n) is 10.3. The van der Waals surface area contributed by atoms with Crippen molar-refractivity contribution >= 4 is 28.0 Å². The van der Waals surface area contributed by atoms with Gasteiger partial charge in [-0.3, -0.25) is 0 Å². The summed E-state index contributed by atoms with van der Waals surface area (Å²) in [4.78, 5) is 11.1. The van der Waals surface area contributed by atoms with E-state index in [9.17, 15) is 18.0 Å². The van der Waals surface area contributed by atoms with Crippen LogP contribution in [0.1, 0.15) is 18.9 Å². The fraction of sp³-hybridized carbons (Fsp3) is 0.308. The third kappa shape index (κ3) is 2.54. The normalized spacial score (nSPS) is 18.1. The molecular formula is C13H10BrF3O3. The van der Waals surface area contributed by atoms with Crippen molar-refractivity contribution in [3.05, 3.63) is 33.6 Å². The number of hydrogen-bond acceptors (Lipinski definition) is 2. The number of benzene rings is 1. The van der Waals surface area contributed by atoms with E-state index in [0.29, 0.717) is 0 Å². The van der Waals surface area contributed by atoms with Gasteiger partial charge >= 0.3 is 5.97 Å². The van der Waals surface area contributed by atoms with Crippen LogP contribution < -0.4 is 4.74 Å². The molecule has 2 rings (SSSR count). The summed E-state index contributed by atoms with van der Waals surface area (Å²) in [6.07, 6.45) is -1.46. The number of carboxylic acid groups (broad SMARTS) is 1. The predicted molar refractivity (Wildman–Crippen MR) is 69.4 cm³/mol. The Morgan fingerprint density at radius 1 is 1.50 bits per heavy atom. The number of alkyl halides is 2. The maximum Gasteiger partial charge on any atom is 0.335 e. The molecule has 0 fully saturated rings.